The summed E-state index contributed by atoms with van der Waals surface area (Å²) in [6, 6.07) is 0. The van der Waals surface area contributed by atoms with Gasteiger partial charge in [0.15, 0.2) is 0 Å². The molecule has 0 amide bonds. The molecule has 0 aliphatic heterocycles. The molecule has 5 atom stereocenters. The molecule has 1 heteroatoms. The van der Waals surface area contributed by atoms with Crippen LogP contribution < -0.4 is 0 Å². The van der Waals surface area contributed by atoms with Gasteiger partial charge in [-0.25, -0.2) is 0 Å². The van der Waals surface area contributed by atoms with E-state index in [1.54, 1.807) is 5.57 Å². The van der Waals surface area contributed by atoms with E-state index in [1.165, 1.54) is 82.6 Å². The van der Waals surface area contributed by atoms with Crippen molar-refractivity contribution < 1.29 is 5.11 Å². The van der Waals surface area contributed by atoms with Crippen LogP contribution in [0.15, 0.2) is 23.8 Å². The van der Waals surface area contributed by atoms with Crippen molar-refractivity contribution >= 4 is 0 Å². The zero-order chi connectivity index (χ0) is 20.4. The standard InChI is InChI=1S/C27H46O/c1-20-10-6-7-12-22(20)14-15-23-13-9-19-27(5)24(16-17-25(23)27)21(2)11-8-18-26(3,4)28/h14,21,23-25,28H,1,6-13,15-19H2,2-5H3/b22-14-/t21-,23?,24-,25+,27-/m1/s1. The molecule has 3 saturated carbocycles. The highest BCUT2D eigenvalue weighted by Gasteiger charge is 2.51. The summed E-state index contributed by atoms with van der Waals surface area (Å²) in [4.78, 5) is 0. The monoisotopic (exact) mass is 386 g/mol. The van der Waals surface area contributed by atoms with Crippen LogP contribution in [-0.4, -0.2) is 10.7 Å². The number of hydrogen-bond donors (Lipinski definition) is 1. The number of hydrogen-bond acceptors (Lipinski definition) is 1. The number of aliphatic hydroxyl groups is 1. The second-order valence-electron chi connectivity index (χ2n) is 11.4. The maximum atomic E-state index is 10.0. The third-order valence-electron chi connectivity index (χ3n) is 8.77. The van der Waals surface area contributed by atoms with Gasteiger partial charge in [-0.2, -0.15) is 0 Å². The van der Waals surface area contributed by atoms with E-state index in [-0.39, 0.29) is 0 Å². The summed E-state index contributed by atoms with van der Waals surface area (Å²) in [7, 11) is 0. The van der Waals surface area contributed by atoms with Gasteiger partial charge < -0.3 is 5.11 Å². The summed E-state index contributed by atoms with van der Waals surface area (Å²) in [5, 5.41) is 10.0. The maximum Gasteiger partial charge on any atom is 0.0591 e. The molecule has 160 valence electrons. The van der Waals surface area contributed by atoms with Crippen molar-refractivity contribution in [2.45, 2.75) is 117 Å². The van der Waals surface area contributed by atoms with Gasteiger partial charge in [-0.15, -0.1) is 0 Å². The summed E-state index contributed by atoms with van der Waals surface area (Å²) in [6.07, 6.45) is 19.7. The molecule has 0 radical (unpaired) electrons. The Morgan fingerprint density at radius 1 is 1.18 bits per heavy atom. The van der Waals surface area contributed by atoms with Gasteiger partial charge in [-0.3, -0.25) is 0 Å². The Morgan fingerprint density at radius 2 is 1.93 bits per heavy atom. The molecule has 0 saturated heterocycles. The van der Waals surface area contributed by atoms with Gasteiger partial charge in [0.25, 0.3) is 0 Å². The highest BCUT2D eigenvalue weighted by atomic mass is 16.3. The second kappa shape index (κ2) is 9.07. The van der Waals surface area contributed by atoms with Crippen molar-refractivity contribution in [1.29, 1.82) is 0 Å². The third-order valence-corrected chi connectivity index (χ3v) is 8.77. The second-order valence-corrected chi connectivity index (χ2v) is 11.4. The Morgan fingerprint density at radius 3 is 2.64 bits per heavy atom. The number of allylic oxidation sites excluding steroid dienone is 3. The molecule has 3 aliphatic carbocycles. The highest BCUT2D eigenvalue weighted by molar-refractivity contribution is 5.30. The van der Waals surface area contributed by atoms with E-state index in [2.05, 4.69) is 26.5 Å². The van der Waals surface area contributed by atoms with Crippen LogP contribution in [0, 0.1) is 29.1 Å². The Kier molecular flexibility index (Phi) is 7.17. The van der Waals surface area contributed by atoms with Crippen LogP contribution in [0.5, 0.6) is 0 Å². The average molecular weight is 387 g/mol. The molecular weight excluding hydrogens is 340 g/mol. The molecule has 0 heterocycles. The number of rotatable bonds is 7. The average Bonchev–Trinajstić information content (AvgIpc) is 2.97. The van der Waals surface area contributed by atoms with E-state index in [9.17, 15) is 5.11 Å². The van der Waals surface area contributed by atoms with Crippen LogP contribution in [0.2, 0.25) is 0 Å². The summed E-state index contributed by atoms with van der Waals surface area (Å²) in [5.74, 6) is 3.51. The summed E-state index contributed by atoms with van der Waals surface area (Å²) in [5.41, 5.74) is 3.07. The fraction of sp³-hybridized carbons (Fsp3) is 0.852. The van der Waals surface area contributed by atoms with Crippen molar-refractivity contribution in [3.05, 3.63) is 23.8 Å². The van der Waals surface area contributed by atoms with Crippen LogP contribution in [0.4, 0.5) is 0 Å². The fourth-order valence-electron chi connectivity index (χ4n) is 7.19. The van der Waals surface area contributed by atoms with Gasteiger partial charge in [-0.1, -0.05) is 51.3 Å². The lowest BCUT2D eigenvalue weighted by atomic mass is 9.58. The quantitative estimate of drug-likeness (QED) is 0.472. The van der Waals surface area contributed by atoms with E-state index in [4.69, 9.17) is 0 Å². The Labute approximate surface area is 175 Å². The first-order chi connectivity index (χ1) is 13.2. The van der Waals surface area contributed by atoms with Crippen molar-refractivity contribution in [2.24, 2.45) is 29.1 Å². The van der Waals surface area contributed by atoms with Crippen LogP contribution in [0.25, 0.3) is 0 Å². The lowest BCUT2D eigenvalue weighted by molar-refractivity contribution is 0.0260. The van der Waals surface area contributed by atoms with Crippen LogP contribution in [0.3, 0.4) is 0 Å². The molecule has 0 bridgehead atoms. The lowest BCUT2D eigenvalue weighted by Crippen LogP contribution is -2.39. The molecule has 0 spiro atoms. The summed E-state index contributed by atoms with van der Waals surface area (Å²) >= 11 is 0. The Hall–Kier alpha value is -0.560. The zero-order valence-corrected chi connectivity index (χ0v) is 19.2. The molecule has 1 unspecified atom stereocenters. The fourth-order valence-corrected chi connectivity index (χ4v) is 7.19. The normalized spacial score (nSPS) is 36.5. The third kappa shape index (κ3) is 5.13. The molecule has 1 nitrogen and oxygen atoms in total. The van der Waals surface area contributed by atoms with Gasteiger partial charge in [0.05, 0.1) is 5.60 Å². The minimum Gasteiger partial charge on any atom is -0.390 e. The van der Waals surface area contributed by atoms with E-state index >= 15 is 0 Å². The predicted octanol–water partition coefficient (Wildman–Crippen LogP) is 7.84. The summed E-state index contributed by atoms with van der Waals surface area (Å²) < 4.78 is 0. The molecular formula is C27H46O. The van der Waals surface area contributed by atoms with Gasteiger partial charge in [0.2, 0.25) is 0 Å². The molecule has 3 aliphatic rings. The Bertz CT molecular complexity index is 565. The maximum absolute atomic E-state index is 10.0. The van der Waals surface area contributed by atoms with Crippen LogP contribution >= 0.6 is 0 Å². The van der Waals surface area contributed by atoms with Crippen LogP contribution in [-0.2, 0) is 0 Å². The van der Waals surface area contributed by atoms with Gasteiger partial charge in [0, 0.05) is 0 Å². The molecule has 0 aromatic rings. The highest BCUT2D eigenvalue weighted by Crippen LogP contribution is 2.60. The minimum absolute atomic E-state index is 0.506. The SMILES string of the molecule is C=C1CCCC/C1=C/CC1CCC[C@]2(C)[C@@H]([C@H](C)CCCC(C)(C)O)CC[C@@H]12. The van der Waals surface area contributed by atoms with E-state index in [1.807, 2.05) is 13.8 Å². The molecule has 0 aromatic heterocycles. The van der Waals surface area contributed by atoms with E-state index < -0.39 is 5.60 Å². The first kappa shape index (κ1) is 22.1. The van der Waals surface area contributed by atoms with Crippen molar-refractivity contribution in [3.63, 3.8) is 0 Å². The lowest BCUT2D eigenvalue weighted by Gasteiger charge is -2.47. The van der Waals surface area contributed by atoms with Crippen molar-refractivity contribution in [1.82, 2.24) is 0 Å². The molecule has 3 fully saturated rings. The first-order valence-electron chi connectivity index (χ1n) is 12.3. The van der Waals surface area contributed by atoms with Crippen molar-refractivity contribution in [2.75, 3.05) is 0 Å². The topological polar surface area (TPSA) is 20.2 Å². The van der Waals surface area contributed by atoms with Gasteiger partial charge in [0.1, 0.15) is 0 Å². The van der Waals surface area contributed by atoms with Gasteiger partial charge in [-0.05, 0) is 113 Å². The summed E-state index contributed by atoms with van der Waals surface area (Å²) in [6.45, 7) is 13.4. The molecule has 1 N–H and O–H groups in total. The molecule has 28 heavy (non-hydrogen) atoms. The van der Waals surface area contributed by atoms with E-state index in [0.717, 1.165) is 30.1 Å². The minimum atomic E-state index is -0.506. The van der Waals surface area contributed by atoms with Crippen LogP contribution in [0.1, 0.15) is 111 Å². The smallest absolute Gasteiger partial charge is 0.0591 e. The zero-order valence-electron chi connectivity index (χ0n) is 19.2. The Balaban J connectivity index is 1.60. The van der Waals surface area contributed by atoms with E-state index in [0.29, 0.717) is 5.41 Å². The van der Waals surface area contributed by atoms with Gasteiger partial charge >= 0.3 is 0 Å². The molecule has 0 aromatic carbocycles. The predicted molar refractivity (Wildman–Crippen MR) is 121 cm³/mol. The van der Waals surface area contributed by atoms with Crippen molar-refractivity contribution in [3.8, 4) is 0 Å². The first-order valence-corrected chi connectivity index (χ1v) is 12.3. The molecule has 3 rings (SSSR count). The largest absolute Gasteiger partial charge is 0.390 e. The number of fused-ring (bicyclic) bond motifs is 1.